The molecular formula is C16H23N5O4. The van der Waals surface area contributed by atoms with E-state index >= 15 is 0 Å². The van der Waals surface area contributed by atoms with Crippen LogP contribution in [-0.4, -0.2) is 34.5 Å². The fraction of sp³-hybridized carbons (Fsp3) is 0.625. The summed E-state index contributed by atoms with van der Waals surface area (Å²) in [5.74, 6) is 2.34. The summed E-state index contributed by atoms with van der Waals surface area (Å²) in [7, 11) is 0. The van der Waals surface area contributed by atoms with E-state index in [0.29, 0.717) is 36.5 Å². The van der Waals surface area contributed by atoms with Gasteiger partial charge in [-0.25, -0.2) is 4.79 Å². The second-order valence-corrected chi connectivity index (χ2v) is 6.49. The van der Waals surface area contributed by atoms with Gasteiger partial charge in [-0.2, -0.15) is 4.98 Å². The van der Waals surface area contributed by atoms with Crippen molar-refractivity contribution in [1.82, 2.24) is 20.6 Å². The van der Waals surface area contributed by atoms with Crippen LogP contribution in [0.15, 0.2) is 15.1 Å². The number of anilines is 1. The van der Waals surface area contributed by atoms with E-state index in [1.54, 1.807) is 13.0 Å². The zero-order chi connectivity index (χ0) is 17.8. The molecule has 0 radical (unpaired) electrons. The van der Waals surface area contributed by atoms with Crippen LogP contribution in [0.1, 0.15) is 56.1 Å². The molecule has 9 nitrogen and oxygen atoms in total. The van der Waals surface area contributed by atoms with E-state index in [4.69, 9.17) is 13.8 Å². The Kier molecular flexibility index (Phi) is 5.32. The van der Waals surface area contributed by atoms with Crippen LogP contribution in [0, 0.1) is 12.8 Å². The number of nitrogens with one attached hydrogen (secondary N) is 2. The quantitative estimate of drug-likeness (QED) is 0.852. The highest BCUT2D eigenvalue weighted by molar-refractivity contribution is 5.88. The summed E-state index contributed by atoms with van der Waals surface area (Å²) in [6.45, 7) is 7.04. The summed E-state index contributed by atoms with van der Waals surface area (Å²) < 4.78 is 15.8. The molecule has 1 saturated heterocycles. The van der Waals surface area contributed by atoms with Gasteiger partial charge in [0.05, 0.1) is 0 Å². The van der Waals surface area contributed by atoms with Crippen molar-refractivity contribution in [2.75, 3.05) is 18.5 Å². The first-order valence-electron chi connectivity index (χ1n) is 8.45. The molecule has 1 fully saturated rings. The highest BCUT2D eigenvalue weighted by Crippen LogP contribution is 2.30. The minimum absolute atomic E-state index is 0.153. The van der Waals surface area contributed by atoms with Crippen LogP contribution in [0.25, 0.3) is 0 Å². The Labute approximate surface area is 145 Å². The predicted octanol–water partition coefficient (Wildman–Crippen LogP) is 2.78. The van der Waals surface area contributed by atoms with Gasteiger partial charge in [-0.1, -0.05) is 24.2 Å². The van der Waals surface area contributed by atoms with Crippen LogP contribution in [0.3, 0.4) is 0 Å². The standard InChI is InChI=1S/C16H23N5O4/c1-9(2)14-19-15(25-21-14)13(11-4-6-23-7-5-11)18-16(22)17-12-8-10(3)24-20-12/h8-9,11,13H,4-7H2,1-3H3,(H2,17,18,20,22)/t13-/m0/s1. The monoisotopic (exact) mass is 349 g/mol. The molecule has 0 unspecified atom stereocenters. The number of urea groups is 1. The van der Waals surface area contributed by atoms with E-state index in [9.17, 15) is 4.79 Å². The zero-order valence-corrected chi connectivity index (χ0v) is 14.6. The molecule has 0 aromatic carbocycles. The van der Waals surface area contributed by atoms with Gasteiger partial charge < -0.3 is 19.1 Å². The van der Waals surface area contributed by atoms with Crippen molar-refractivity contribution in [3.63, 3.8) is 0 Å². The lowest BCUT2D eigenvalue weighted by Crippen LogP contribution is -2.38. The Balaban J connectivity index is 1.74. The number of amides is 2. The van der Waals surface area contributed by atoms with Crippen molar-refractivity contribution in [1.29, 1.82) is 0 Å². The maximum atomic E-state index is 12.4. The predicted molar refractivity (Wildman–Crippen MR) is 88.1 cm³/mol. The van der Waals surface area contributed by atoms with Gasteiger partial charge in [-0.3, -0.25) is 5.32 Å². The van der Waals surface area contributed by atoms with Gasteiger partial charge in [0.2, 0.25) is 5.89 Å². The number of hydrogen-bond donors (Lipinski definition) is 2. The van der Waals surface area contributed by atoms with Crippen LogP contribution in [0.2, 0.25) is 0 Å². The lowest BCUT2D eigenvalue weighted by Gasteiger charge is -2.28. The molecule has 3 rings (SSSR count). The Morgan fingerprint density at radius 2 is 2.00 bits per heavy atom. The largest absolute Gasteiger partial charge is 0.381 e. The van der Waals surface area contributed by atoms with E-state index in [-0.39, 0.29) is 17.9 Å². The maximum Gasteiger partial charge on any atom is 0.321 e. The van der Waals surface area contributed by atoms with Crippen molar-refractivity contribution in [2.24, 2.45) is 5.92 Å². The van der Waals surface area contributed by atoms with E-state index in [1.165, 1.54) is 0 Å². The molecule has 3 heterocycles. The smallest absolute Gasteiger partial charge is 0.321 e. The molecule has 1 atom stereocenters. The Morgan fingerprint density at radius 3 is 2.60 bits per heavy atom. The average Bonchev–Trinajstić information content (AvgIpc) is 3.23. The molecular weight excluding hydrogens is 326 g/mol. The maximum absolute atomic E-state index is 12.4. The van der Waals surface area contributed by atoms with E-state index in [1.807, 2.05) is 13.8 Å². The molecule has 2 aromatic rings. The highest BCUT2D eigenvalue weighted by Gasteiger charge is 2.31. The molecule has 1 aliphatic rings. The summed E-state index contributed by atoms with van der Waals surface area (Å²) in [6.07, 6.45) is 1.63. The van der Waals surface area contributed by atoms with Crippen molar-refractivity contribution in [3.05, 3.63) is 23.5 Å². The summed E-state index contributed by atoms with van der Waals surface area (Å²) in [5, 5.41) is 13.4. The third-order valence-corrected chi connectivity index (χ3v) is 4.13. The Morgan fingerprint density at radius 1 is 1.24 bits per heavy atom. The van der Waals surface area contributed by atoms with Gasteiger partial charge in [0.25, 0.3) is 0 Å². The molecule has 1 aliphatic heterocycles. The third-order valence-electron chi connectivity index (χ3n) is 4.13. The first-order chi connectivity index (χ1) is 12.0. The number of hydrogen-bond acceptors (Lipinski definition) is 7. The summed E-state index contributed by atoms with van der Waals surface area (Å²) in [4.78, 5) is 16.8. The number of aromatic nitrogens is 3. The number of nitrogens with zero attached hydrogens (tertiary/aromatic N) is 3. The molecule has 0 saturated carbocycles. The van der Waals surface area contributed by atoms with Crippen LogP contribution >= 0.6 is 0 Å². The molecule has 9 heteroatoms. The number of carbonyl (C=O) groups is 1. The molecule has 2 aromatic heterocycles. The van der Waals surface area contributed by atoms with Crippen molar-refractivity contribution < 1.29 is 18.6 Å². The minimum Gasteiger partial charge on any atom is -0.381 e. The molecule has 2 amide bonds. The van der Waals surface area contributed by atoms with Gasteiger partial charge in [-0.15, -0.1) is 0 Å². The number of rotatable bonds is 5. The van der Waals surface area contributed by atoms with Crippen molar-refractivity contribution >= 4 is 11.8 Å². The summed E-state index contributed by atoms with van der Waals surface area (Å²) in [6, 6.07) is 0.873. The highest BCUT2D eigenvalue weighted by atomic mass is 16.5. The molecule has 0 bridgehead atoms. The van der Waals surface area contributed by atoms with Crippen LogP contribution in [0.5, 0.6) is 0 Å². The number of carbonyl (C=O) groups excluding carboxylic acids is 1. The molecule has 0 spiro atoms. The third kappa shape index (κ3) is 4.36. The van der Waals surface area contributed by atoms with Crippen molar-refractivity contribution in [3.8, 4) is 0 Å². The van der Waals surface area contributed by atoms with Gasteiger partial charge in [0.1, 0.15) is 11.8 Å². The first kappa shape index (κ1) is 17.4. The van der Waals surface area contributed by atoms with Crippen LogP contribution in [0.4, 0.5) is 10.6 Å². The van der Waals surface area contributed by atoms with Gasteiger partial charge in [-0.05, 0) is 25.7 Å². The SMILES string of the molecule is Cc1cc(NC(=O)N[C@H](c2nc(C(C)C)no2)C2CCOCC2)no1. The lowest BCUT2D eigenvalue weighted by molar-refractivity contribution is 0.0506. The fourth-order valence-electron chi connectivity index (χ4n) is 2.76. The Bertz CT molecular complexity index is 705. The van der Waals surface area contributed by atoms with Gasteiger partial charge >= 0.3 is 6.03 Å². The number of ether oxygens (including phenoxy) is 1. The van der Waals surface area contributed by atoms with Crippen LogP contribution in [-0.2, 0) is 4.74 Å². The Hall–Kier alpha value is -2.42. The fourth-order valence-corrected chi connectivity index (χ4v) is 2.76. The normalized spacial score (nSPS) is 16.8. The number of aryl methyl sites for hydroxylation is 1. The van der Waals surface area contributed by atoms with Crippen LogP contribution < -0.4 is 10.6 Å². The lowest BCUT2D eigenvalue weighted by atomic mass is 9.91. The van der Waals surface area contributed by atoms with Gasteiger partial charge in [0, 0.05) is 25.2 Å². The average molecular weight is 349 g/mol. The second kappa shape index (κ2) is 7.64. The molecule has 0 aliphatic carbocycles. The molecule has 2 N–H and O–H groups in total. The summed E-state index contributed by atoms with van der Waals surface area (Å²) >= 11 is 0. The van der Waals surface area contributed by atoms with E-state index < -0.39 is 6.03 Å². The topological polar surface area (TPSA) is 115 Å². The molecule has 25 heavy (non-hydrogen) atoms. The second-order valence-electron chi connectivity index (χ2n) is 6.49. The minimum atomic E-state index is -0.394. The zero-order valence-electron chi connectivity index (χ0n) is 14.6. The molecule has 136 valence electrons. The van der Waals surface area contributed by atoms with E-state index in [0.717, 1.165) is 12.8 Å². The first-order valence-corrected chi connectivity index (χ1v) is 8.45. The summed E-state index contributed by atoms with van der Waals surface area (Å²) in [5.41, 5.74) is 0. The van der Waals surface area contributed by atoms with E-state index in [2.05, 4.69) is 25.9 Å². The van der Waals surface area contributed by atoms with Crippen molar-refractivity contribution in [2.45, 2.75) is 45.6 Å². The van der Waals surface area contributed by atoms with Gasteiger partial charge in [0.15, 0.2) is 11.6 Å².